The Morgan fingerprint density at radius 3 is 2.85 bits per heavy atom. The van der Waals surface area contributed by atoms with Gasteiger partial charge in [-0.2, -0.15) is 0 Å². The van der Waals surface area contributed by atoms with Gasteiger partial charge in [0, 0.05) is 36.8 Å². The first-order valence-corrected chi connectivity index (χ1v) is 8.78. The summed E-state index contributed by atoms with van der Waals surface area (Å²) in [5.41, 5.74) is 2.45. The molecule has 1 aliphatic carbocycles. The molecule has 4 rings (SSSR count). The lowest BCUT2D eigenvalue weighted by molar-refractivity contribution is 0.0946. The molecule has 134 valence electrons. The SMILES string of the molecule is COc1cccc(Cc2cc(C(=O)NC3C4CNCC43)cc(C=O)n2)c1. The van der Waals surface area contributed by atoms with Gasteiger partial charge < -0.3 is 15.4 Å². The van der Waals surface area contributed by atoms with E-state index in [-0.39, 0.29) is 17.6 Å². The number of carbonyl (C=O) groups excluding carboxylic acids is 2. The lowest BCUT2D eigenvalue weighted by atomic mass is 10.1. The van der Waals surface area contributed by atoms with Crippen LogP contribution in [0.25, 0.3) is 0 Å². The van der Waals surface area contributed by atoms with Gasteiger partial charge in [-0.25, -0.2) is 4.98 Å². The number of aromatic nitrogens is 1. The maximum Gasteiger partial charge on any atom is 0.251 e. The molecule has 2 unspecified atom stereocenters. The summed E-state index contributed by atoms with van der Waals surface area (Å²) < 4.78 is 5.24. The number of ether oxygens (including phenoxy) is 1. The molecular weight excluding hydrogens is 330 g/mol. The summed E-state index contributed by atoms with van der Waals surface area (Å²) in [7, 11) is 1.62. The first kappa shape index (κ1) is 16.7. The Morgan fingerprint density at radius 2 is 2.12 bits per heavy atom. The number of nitrogens with zero attached hydrogens (tertiary/aromatic N) is 1. The second-order valence-electron chi connectivity index (χ2n) is 6.90. The highest BCUT2D eigenvalue weighted by molar-refractivity contribution is 5.96. The topological polar surface area (TPSA) is 80.3 Å². The third-order valence-electron chi connectivity index (χ3n) is 5.19. The zero-order valence-electron chi connectivity index (χ0n) is 14.6. The van der Waals surface area contributed by atoms with Gasteiger partial charge in [-0.1, -0.05) is 12.1 Å². The van der Waals surface area contributed by atoms with Crippen LogP contribution in [-0.4, -0.2) is 43.4 Å². The lowest BCUT2D eigenvalue weighted by Gasteiger charge is -2.10. The van der Waals surface area contributed by atoms with Crippen LogP contribution in [0.2, 0.25) is 0 Å². The minimum atomic E-state index is -0.137. The van der Waals surface area contributed by atoms with E-state index in [1.807, 2.05) is 24.3 Å². The third kappa shape index (κ3) is 3.32. The van der Waals surface area contributed by atoms with E-state index in [4.69, 9.17) is 4.74 Å². The molecule has 1 amide bonds. The Morgan fingerprint density at radius 1 is 1.31 bits per heavy atom. The number of benzene rings is 1. The zero-order valence-corrected chi connectivity index (χ0v) is 14.6. The van der Waals surface area contributed by atoms with E-state index in [0.717, 1.165) is 24.4 Å². The standard InChI is InChI=1S/C20H21N3O3/c1-26-16-4-2-3-12(6-16)5-14-7-13(8-15(11-24)22-14)20(25)23-19-17-9-21-10-18(17)19/h2-4,6-8,11,17-19,21H,5,9-10H2,1H3,(H,23,25). The molecule has 1 saturated carbocycles. The first-order valence-electron chi connectivity index (χ1n) is 8.78. The summed E-state index contributed by atoms with van der Waals surface area (Å²) in [4.78, 5) is 28.2. The van der Waals surface area contributed by atoms with E-state index in [1.54, 1.807) is 19.2 Å². The number of methoxy groups -OCH3 is 1. The van der Waals surface area contributed by atoms with Gasteiger partial charge in [0.15, 0.2) is 6.29 Å². The Balaban J connectivity index is 1.52. The summed E-state index contributed by atoms with van der Waals surface area (Å²) in [5.74, 6) is 1.72. The number of nitrogens with one attached hydrogen (secondary N) is 2. The predicted molar refractivity (Wildman–Crippen MR) is 96.5 cm³/mol. The van der Waals surface area contributed by atoms with Crippen molar-refractivity contribution in [2.24, 2.45) is 11.8 Å². The summed E-state index contributed by atoms with van der Waals surface area (Å²) in [6.45, 7) is 1.93. The quantitative estimate of drug-likeness (QED) is 0.770. The van der Waals surface area contributed by atoms with Gasteiger partial charge in [-0.15, -0.1) is 0 Å². The number of pyridine rings is 1. The highest BCUT2D eigenvalue weighted by Gasteiger charge is 2.53. The van der Waals surface area contributed by atoms with Crippen LogP contribution in [0.4, 0.5) is 0 Å². The lowest BCUT2D eigenvalue weighted by Crippen LogP contribution is -2.32. The number of amides is 1. The second-order valence-corrected chi connectivity index (χ2v) is 6.90. The maximum atomic E-state index is 12.6. The van der Waals surface area contributed by atoms with Gasteiger partial charge in [0.1, 0.15) is 11.4 Å². The van der Waals surface area contributed by atoms with Gasteiger partial charge in [-0.3, -0.25) is 9.59 Å². The van der Waals surface area contributed by atoms with Crippen molar-refractivity contribution in [1.29, 1.82) is 0 Å². The van der Waals surface area contributed by atoms with Gasteiger partial charge >= 0.3 is 0 Å². The fourth-order valence-electron chi connectivity index (χ4n) is 3.75. The number of fused-ring (bicyclic) bond motifs is 1. The summed E-state index contributed by atoms with van der Waals surface area (Å²) >= 11 is 0. The van der Waals surface area contributed by atoms with Crippen molar-refractivity contribution in [1.82, 2.24) is 15.6 Å². The summed E-state index contributed by atoms with van der Waals surface area (Å²) in [6.07, 6.45) is 1.21. The van der Waals surface area contributed by atoms with Crippen molar-refractivity contribution in [2.75, 3.05) is 20.2 Å². The molecular formula is C20H21N3O3. The summed E-state index contributed by atoms with van der Waals surface area (Å²) in [6, 6.07) is 11.2. The van der Waals surface area contributed by atoms with Crippen LogP contribution in [0.3, 0.4) is 0 Å². The molecule has 0 bridgehead atoms. The van der Waals surface area contributed by atoms with Crippen LogP contribution >= 0.6 is 0 Å². The number of aldehydes is 1. The van der Waals surface area contributed by atoms with E-state index in [2.05, 4.69) is 15.6 Å². The van der Waals surface area contributed by atoms with E-state index >= 15 is 0 Å². The molecule has 1 aromatic heterocycles. The maximum absolute atomic E-state index is 12.6. The minimum Gasteiger partial charge on any atom is -0.497 e. The van der Waals surface area contributed by atoms with Crippen LogP contribution in [0.5, 0.6) is 5.75 Å². The van der Waals surface area contributed by atoms with Crippen molar-refractivity contribution < 1.29 is 14.3 Å². The smallest absolute Gasteiger partial charge is 0.251 e. The molecule has 1 saturated heterocycles. The van der Waals surface area contributed by atoms with Crippen LogP contribution in [0, 0.1) is 11.8 Å². The van der Waals surface area contributed by atoms with Gasteiger partial charge in [0.2, 0.25) is 0 Å². The first-order chi connectivity index (χ1) is 12.7. The number of rotatable bonds is 6. The molecule has 6 nitrogen and oxygen atoms in total. The number of piperidine rings is 1. The van der Waals surface area contributed by atoms with E-state index in [9.17, 15) is 9.59 Å². The van der Waals surface area contributed by atoms with Crippen molar-refractivity contribution in [3.63, 3.8) is 0 Å². The second kappa shape index (κ2) is 6.88. The summed E-state index contributed by atoms with van der Waals surface area (Å²) in [5, 5.41) is 6.40. The van der Waals surface area contributed by atoms with Crippen molar-refractivity contribution >= 4 is 12.2 Å². The molecule has 2 heterocycles. The third-order valence-corrected chi connectivity index (χ3v) is 5.19. The molecule has 2 aliphatic rings. The van der Waals surface area contributed by atoms with Crippen molar-refractivity contribution in [3.8, 4) is 5.75 Å². The predicted octanol–water partition coefficient (Wildman–Crippen LogP) is 1.44. The highest BCUT2D eigenvalue weighted by Crippen LogP contribution is 2.41. The van der Waals surface area contributed by atoms with Gasteiger partial charge in [0.25, 0.3) is 5.91 Å². The van der Waals surface area contributed by atoms with Crippen molar-refractivity contribution in [2.45, 2.75) is 12.5 Å². The zero-order chi connectivity index (χ0) is 18.1. The normalized spacial score (nSPS) is 23.2. The van der Waals surface area contributed by atoms with Crippen LogP contribution in [-0.2, 0) is 6.42 Å². The Bertz CT molecular complexity index is 842. The average molecular weight is 351 g/mol. The Kier molecular flexibility index (Phi) is 4.42. The number of carbonyl (C=O) groups is 2. The Hall–Kier alpha value is -2.73. The fraction of sp³-hybridized carbons (Fsp3) is 0.350. The molecule has 1 aliphatic heterocycles. The Labute approximate surface area is 152 Å². The molecule has 1 aromatic carbocycles. The molecule has 26 heavy (non-hydrogen) atoms. The number of hydrogen-bond donors (Lipinski definition) is 2. The van der Waals surface area contributed by atoms with Crippen LogP contribution < -0.4 is 15.4 Å². The van der Waals surface area contributed by atoms with E-state index in [1.165, 1.54) is 0 Å². The van der Waals surface area contributed by atoms with Crippen LogP contribution in [0.15, 0.2) is 36.4 Å². The average Bonchev–Trinajstić information content (AvgIpc) is 3.08. The molecule has 6 heteroatoms. The van der Waals surface area contributed by atoms with Crippen molar-refractivity contribution in [3.05, 3.63) is 58.9 Å². The van der Waals surface area contributed by atoms with Gasteiger partial charge in [-0.05, 0) is 41.7 Å². The van der Waals surface area contributed by atoms with E-state index in [0.29, 0.717) is 35.8 Å². The molecule has 0 spiro atoms. The monoisotopic (exact) mass is 351 g/mol. The molecule has 0 radical (unpaired) electrons. The van der Waals surface area contributed by atoms with Crippen LogP contribution in [0.1, 0.15) is 32.1 Å². The molecule has 2 aromatic rings. The largest absolute Gasteiger partial charge is 0.497 e. The highest BCUT2D eigenvalue weighted by atomic mass is 16.5. The number of hydrogen-bond acceptors (Lipinski definition) is 5. The van der Waals surface area contributed by atoms with E-state index < -0.39 is 0 Å². The molecule has 2 atom stereocenters. The fourth-order valence-corrected chi connectivity index (χ4v) is 3.75. The molecule has 2 fully saturated rings. The minimum absolute atomic E-state index is 0.137. The van der Waals surface area contributed by atoms with Gasteiger partial charge in [0.05, 0.1) is 7.11 Å². The molecule has 2 N–H and O–H groups in total.